The second-order valence-corrected chi connectivity index (χ2v) is 10.1. The first-order chi connectivity index (χ1) is 18.6. The standard InChI is InChI=1S/C29H30N8S/c1-35-20-25(18-34-35)23-13-27(29(33-17-23)24(14-30)15-31)22-5-8-28(32-16-22)37-11-9-36(10-12-37)19-21-3-6-26(38-2)7-4-21/h3-8,13-14,16-18,20,30,33H,9-12,19H2,1-2H3/b29-24+,30-14?. The highest BCUT2D eigenvalue weighted by Crippen LogP contribution is 2.32. The van der Waals surface area contributed by atoms with Crippen LogP contribution in [0.25, 0.3) is 11.1 Å². The number of thioether (sulfide) groups is 1. The summed E-state index contributed by atoms with van der Waals surface area (Å²) >= 11 is 1.77. The van der Waals surface area contributed by atoms with Crippen LogP contribution in [0.2, 0.25) is 0 Å². The van der Waals surface area contributed by atoms with Gasteiger partial charge in [-0.25, -0.2) is 4.98 Å². The summed E-state index contributed by atoms with van der Waals surface area (Å²) in [5, 5.41) is 24.8. The zero-order valence-corrected chi connectivity index (χ0v) is 22.4. The third-order valence-corrected chi connectivity index (χ3v) is 7.58. The number of pyridine rings is 1. The number of hydrogen-bond acceptors (Lipinski definition) is 8. The molecule has 0 unspecified atom stereocenters. The Morgan fingerprint density at radius 3 is 2.50 bits per heavy atom. The van der Waals surface area contributed by atoms with Crippen molar-refractivity contribution in [2.45, 2.75) is 11.4 Å². The van der Waals surface area contributed by atoms with Gasteiger partial charge in [0.25, 0.3) is 0 Å². The molecule has 3 aromatic rings. The summed E-state index contributed by atoms with van der Waals surface area (Å²) < 4.78 is 1.75. The molecule has 8 nitrogen and oxygen atoms in total. The molecule has 0 bridgehead atoms. The van der Waals surface area contributed by atoms with E-state index in [2.05, 4.69) is 56.8 Å². The largest absolute Gasteiger partial charge is 0.359 e. The minimum absolute atomic E-state index is 0.265. The van der Waals surface area contributed by atoms with Crippen molar-refractivity contribution in [1.82, 2.24) is 25.0 Å². The third kappa shape index (κ3) is 5.57. The number of hydrogen-bond donors (Lipinski definition) is 2. The first-order valence-corrected chi connectivity index (χ1v) is 13.7. The minimum Gasteiger partial charge on any atom is -0.359 e. The Morgan fingerprint density at radius 2 is 1.89 bits per heavy atom. The lowest BCUT2D eigenvalue weighted by molar-refractivity contribution is 0.249. The molecule has 2 aliphatic rings. The molecule has 0 saturated carbocycles. The van der Waals surface area contributed by atoms with Gasteiger partial charge in [-0.3, -0.25) is 9.58 Å². The number of nitrogens with zero attached hydrogens (tertiary/aromatic N) is 6. The van der Waals surface area contributed by atoms with Gasteiger partial charge in [0.2, 0.25) is 0 Å². The molecule has 0 radical (unpaired) electrons. The van der Waals surface area contributed by atoms with Gasteiger partial charge in [-0.05, 0) is 42.2 Å². The van der Waals surface area contributed by atoms with Gasteiger partial charge in [0.05, 0.1) is 17.5 Å². The van der Waals surface area contributed by atoms with Crippen LogP contribution in [0.5, 0.6) is 0 Å². The summed E-state index contributed by atoms with van der Waals surface area (Å²) in [5.74, 6) is 0.947. The summed E-state index contributed by atoms with van der Waals surface area (Å²) in [5.41, 5.74) is 5.83. The number of aryl methyl sites for hydroxylation is 1. The average molecular weight is 523 g/mol. The number of anilines is 1. The predicted octanol–water partition coefficient (Wildman–Crippen LogP) is 4.31. The molecule has 2 aliphatic heterocycles. The van der Waals surface area contributed by atoms with Gasteiger partial charge in [0, 0.05) is 91.7 Å². The van der Waals surface area contributed by atoms with Crippen molar-refractivity contribution in [3.8, 4) is 6.07 Å². The Hall–Kier alpha value is -4.13. The first kappa shape index (κ1) is 25.5. The predicted molar refractivity (Wildman–Crippen MR) is 154 cm³/mol. The number of aromatic nitrogens is 3. The van der Waals surface area contributed by atoms with E-state index in [1.54, 1.807) is 22.6 Å². The van der Waals surface area contributed by atoms with Crippen LogP contribution in [0, 0.1) is 16.7 Å². The second kappa shape index (κ2) is 11.5. The van der Waals surface area contributed by atoms with Crippen molar-refractivity contribution >= 4 is 34.9 Å². The molecule has 0 amide bonds. The molecule has 4 heterocycles. The zero-order chi connectivity index (χ0) is 26.5. The maximum atomic E-state index is 9.59. The maximum absolute atomic E-state index is 9.59. The molecule has 0 aliphatic carbocycles. The molecule has 1 fully saturated rings. The topological polar surface area (TPSA) is 96.9 Å². The van der Waals surface area contributed by atoms with Gasteiger partial charge in [-0.1, -0.05) is 12.1 Å². The third-order valence-electron chi connectivity index (χ3n) is 6.83. The molecule has 5 rings (SSSR count). The fourth-order valence-electron chi connectivity index (χ4n) is 4.70. The number of piperazine rings is 1. The number of nitriles is 1. The van der Waals surface area contributed by atoms with Crippen molar-refractivity contribution in [3.63, 3.8) is 0 Å². The van der Waals surface area contributed by atoms with Gasteiger partial charge < -0.3 is 15.6 Å². The Kier molecular flexibility index (Phi) is 7.73. The van der Waals surface area contributed by atoms with Gasteiger partial charge in [0.1, 0.15) is 11.9 Å². The Bertz CT molecular complexity index is 1430. The van der Waals surface area contributed by atoms with E-state index in [0.29, 0.717) is 5.70 Å². The highest BCUT2D eigenvalue weighted by Gasteiger charge is 2.21. The average Bonchev–Trinajstić information content (AvgIpc) is 3.41. The molecule has 1 saturated heterocycles. The van der Waals surface area contributed by atoms with Crippen LogP contribution in [0.15, 0.2) is 83.4 Å². The molecule has 0 atom stereocenters. The summed E-state index contributed by atoms with van der Waals surface area (Å²) in [6.45, 7) is 4.78. The second-order valence-electron chi connectivity index (χ2n) is 9.27. The van der Waals surface area contributed by atoms with Gasteiger partial charge >= 0.3 is 0 Å². The van der Waals surface area contributed by atoms with Crippen LogP contribution in [-0.4, -0.2) is 58.3 Å². The molecule has 1 aromatic carbocycles. The van der Waals surface area contributed by atoms with E-state index in [1.807, 2.05) is 43.9 Å². The monoisotopic (exact) mass is 522 g/mol. The van der Waals surface area contributed by atoms with E-state index in [1.165, 1.54) is 10.5 Å². The lowest BCUT2D eigenvalue weighted by Gasteiger charge is -2.35. The first-order valence-electron chi connectivity index (χ1n) is 12.5. The van der Waals surface area contributed by atoms with Crippen LogP contribution in [-0.2, 0) is 13.6 Å². The summed E-state index contributed by atoms with van der Waals surface area (Å²) in [7, 11) is 1.88. The fourth-order valence-corrected chi connectivity index (χ4v) is 5.11. The molecule has 0 spiro atoms. The number of benzene rings is 1. The van der Waals surface area contributed by atoms with E-state index < -0.39 is 0 Å². The fraction of sp³-hybridized carbons (Fsp3) is 0.241. The van der Waals surface area contributed by atoms with Crippen molar-refractivity contribution < 1.29 is 0 Å². The van der Waals surface area contributed by atoms with E-state index in [4.69, 9.17) is 10.4 Å². The number of nitrogens with one attached hydrogen (secondary N) is 2. The lowest BCUT2D eigenvalue weighted by Crippen LogP contribution is -2.46. The minimum atomic E-state index is 0.265. The van der Waals surface area contributed by atoms with E-state index in [-0.39, 0.29) is 5.57 Å². The van der Waals surface area contributed by atoms with Crippen molar-refractivity contribution in [1.29, 1.82) is 10.7 Å². The SMILES string of the molecule is CSc1ccc(CN2CCN(c3ccc(C4=CC(c5cnn(C)c5)=CN/C4=C(/C#N)C=N)cn3)CC2)cc1. The quantitative estimate of drug-likeness (QED) is 0.271. The van der Waals surface area contributed by atoms with Gasteiger partial charge in [-0.15, -0.1) is 11.8 Å². The lowest BCUT2D eigenvalue weighted by atomic mass is 9.94. The van der Waals surface area contributed by atoms with E-state index >= 15 is 0 Å². The smallest absolute Gasteiger partial charge is 0.128 e. The molecule has 9 heteroatoms. The van der Waals surface area contributed by atoms with Crippen LogP contribution in [0.3, 0.4) is 0 Å². The molecule has 192 valence electrons. The van der Waals surface area contributed by atoms with Gasteiger partial charge in [0.15, 0.2) is 0 Å². The molecule has 2 N–H and O–H groups in total. The highest BCUT2D eigenvalue weighted by atomic mass is 32.2. The summed E-state index contributed by atoms with van der Waals surface area (Å²) in [6, 6.07) is 15.0. The van der Waals surface area contributed by atoms with Crippen molar-refractivity contribution in [3.05, 3.63) is 95.2 Å². The van der Waals surface area contributed by atoms with Gasteiger partial charge in [-0.2, -0.15) is 10.4 Å². The van der Waals surface area contributed by atoms with E-state index in [0.717, 1.165) is 67.0 Å². The highest BCUT2D eigenvalue weighted by molar-refractivity contribution is 7.98. The van der Waals surface area contributed by atoms with E-state index in [9.17, 15) is 5.26 Å². The summed E-state index contributed by atoms with van der Waals surface area (Å²) in [6.07, 6.45) is 12.6. The summed E-state index contributed by atoms with van der Waals surface area (Å²) in [4.78, 5) is 10.9. The van der Waals surface area contributed by atoms with Crippen LogP contribution < -0.4 is 10.2 Å². The molecule has 38 heavy (non-hydrogen) atoms. The Balaban J connectivity index is 1.30. The van der Waals surface area contributed by atoms with Crippen molar-refractivity contribution in [2.24, 2.45) is 7.05 Å². The number of dihydropyridines is 1. The Morgan fingerprint density at radius 1 is 1.11 bits per heavy atom. The zero-order valence-electron chi connectivity index (χ0n) is 21.6. The number of allylic oxidation sites excluding steroid dienone is 4. The van der Waals surface area contributed by atoms with Crippen LogP contribution in [0.1, 0.15) is 16.7 Å². The Labute approximate surface area is 227 Å². The molecular formula is C29H30N8S. The normalized spacial score (nSPS) is 17.2. The molecular weight excluding hydrogens is 492 g/mol. The maximum Gasteiger partial charge on any atom is 0.128 e. The molecule has 2 aromatic heterocycles. The van der Waals surface area contributed by atoms with Crippen LogP contribution in [0.4, 0.5) is 5.82 Å². The van der Waals surface area contributed by atoms with Crippen molar-refractivity contribution in [2.75, 3.05) is 37.3 Å². The van der Waals surface area contributed by atoms with Crippen LogP contribution >= 0.6 is 11.8 Å². The number of rotatable bonds is 7.